The lowest BCUT2D eigenvalue weighted by Gasteiger charge is -2.20. The summed E-state index contributed by atoms with van der Waals surface area (Å²) in [5.41, 5.74) is -0.390. The van der Waals surface area contributed by atoms with Crippen LogP contribution in [0.5, 0.6) is 0 Å². The number of nitrogens with one attached hydrogen (secondary N) is 1. The quantitative estimate of drug-likeness (QED) is 0.733. The molecule has 0 spiro atoms. The van der Waals surface area contributed by atoms with Gasteiger partial charge < -0.3 is 20.1 Å². The number of carboxylic acid groups (broad SMARTS) is 2. The molecule has 0 aliphatic carbocycles. The molecule has 1 aromatic carbocycles. The highest BCUT2D eigenvalue weighted by Gasteiger charge is 2.16. The van der Waals surface area contributed by atoms with Crippen LogP contribution < -0.4 is 10.5 Å². The summed E-state index contributed by atoms with van der Waals surface area (Å²) >= 11 is 0. The van der Waals surface area contributed by atoms with Gasteiger partial charge in [0.15, 0.2) is 0 Å². The summed E-state index contributed by atoms with van der Waals surface area (Å²) in [6, 6.07) is 8.35. The van der Waals surface area contributed by atoms with Gasteiger partial charge in [-0.25, -0.2) is 0 Å². The van der Waals surface area contributed by atoms with E-state index in [1.165, 1.54) is 0 Å². The second-order valence-electron chi connectivity index (χ2n) is 4.21. The maximum absolute atomic E-state index is 11.9. The van der Waals surface area contributed by atoms with Crippen LogP contribution in [0.4, 0.5) is 5.82 Å². The van der Waals surface area contributed by atoms with Gasteiger partial charge in [0.05, 0.1) is 0 Å². The number of fused-ring (bicyclic) bond motifs is 1. The number of hydrogen-bond donors (Lipinski definition) is 3. The Labute approximate surface area is 113 Å². The zero-order valence-electron chi connectivity index (χ0n) is 10.4. The second-order valence-corrected chi connectivity index (χ2v) is 4.21. The molecule has 0 aliphatic rings. The largest absolute Gasteiger partial charge is 0.480 e. The lowest BCUT2D eigenvalue weighted by atomic mass is 10.1. The molecule has 7 heteroatoms. The molecule has 0 radical (unpaired) electrons. The van der Waals surface area contributed by atoms with Crippen molar-refractivity contribution in [1.82, 2.24) is 4.98 Å². The summed E-state index contributed by atoms with van der Waals surface area (Å²) in [4.78, 5) is 37.1. The molecule has 104 valence electrons. The highest BCUT2D eigenvalue weighted by atomic mass is 16.4. The maximum atomic E-state index is 11.9. The fourth-order valence-electron chi connectivity index (χ4n) is 1.92. The molecule has 0 aliphatic heterocycles. The Balaban J connectivity index is 2.50. The van der Waals surface area contributed by atoms with E-state index in [0.29, 0.717) is 10.8 Å². The van der Waals surface area contributed by atoms with E-state index in [4.69, 9.17) is 10.2 Å². The van der Waals surface area contributed by atoms with Gasteiger partial charge in [-0.15, -0.1) is 0 Å². The normalized spacial score (nSPS) is 10.4. The standard InChI is InChI=1S/C13H12N2O5/c16-11(17)6-15(7-12(18)19)10-5-8-3-1-2-4-9(8)13(20)14-10/h1-5H,6-7H2,(H,14,20)(H,16,17)(H,18,19). The van der Waals surface area contributed by atoms with Crippen LogP contribution in [-0.4, -0.2) is 40.2 Å². The van der Waals surface area contributed by atoms with Crippen LogP contribution in [0.3, 0.4) is 0 Å². The SMILES string of the molecule is O=C(O)CN(CC(=O)O)c1cc2ccccc2c(=O)[nH]1. The molecule has 2 rings (SSSR count). The molecule has 0 saturated carbocycles. The number of benzene rings is 1. The van der Waals surface area contributed by atoms with Crippen molar-refractivity contribution >= 4 is 28.5 Å². The third-order valence-electron chi connectivity index (χ3n) is 2.73. The Morgan fingerprint density at radius 1 is 1.10 bits per heavy atom. The maximum Gasteiger partial charge on any atom is 0.323 e. The van der Waals surface area contributed by atoms with E-state index in [1.54, 1.807) is 30.3 Å². The summed E-state index contributed by atoms with van der Waals surface area (Å²) in [6.07, 6.45) is 0. The van der Waals surface area contributed by atoms with Gasteiger partial charge in [-0.1, -0.05) is 18.2 Å². The third kappa shape index (κ3) is 2.94. The Hall–Kier alpha value is -2.83. The van der Waals surface area contributed by atoms with E-state index in [0.717, 1.165) is 4.90 Å². The monoisotopic (exact) mass is 276 g/mol. The zero-order valence-corrected chi connectivity index (χ0v) is 10.4. The minimum Gasteiger partial charge on any atom is -0.480 e. The first-order valence-corrected chi connectivity index (χ1v) is 5.78. The number of H-pyrrole nitrogens is 1. The lowest BCUT2D eigenvalue weighted by Crippen LogP contribution is -2.36. The third-order valence-corrected chi connectivity index (χ3v) is 2.73. The molecule has 20 heavy (non-hydrogen) atoms. The number of aliphatic carboxylic acids is 2. The van der Waals surface area contributed by atoms with E-state index in [1.807, 2.05) is 0 Å². The van der Waals surface area contributed by atoms with Crippen molar-refractivity contribution in [1.29, 1.82) is 0 Å². The van der Waals surface area contributed by atoms with E-state index < -0.39 is 25.0 Å². The van der Waals surface area contributed by atoms with Gasteiger partial charge in [0.1, 0.15) is 18.9 Å². The molecule has 0 unspecified atom stereocenters. The molecule has 1 aromatic heterocycles. The predicted molar refractivity (Wildman–Crippen MR) is 72.1 cm³/mol. The number of aromatic nitrogens is 1. The van der Waals surface area contributed by atoms with Crippen molar-refractivity contribution in [2.24, 2.45) is 0 Å². The number of pyridine rings is 1. The van der Waals surface area contributed by atoms with Crippen molar-refractivity contribution in [2.75, 3.05) is 18.0 Å². The topological polar surface area (TPSA) is 111 Å². The summed E-state index contributed by atoms with van der Waals surface area (Å²) in [6.45, 7) is -1.03. The molecule has 3 N–H and O–H groups in total. The summed E-state index contributed by atoms with van der Waals surface area (Å²) in [5.74, 6) is -2.20. The van der Waals surface area contributed by atoms with Crippen LogP contribution in [0, 0.1) is 0 Å². The van der Waals surface area contributed by atoms with Crippen molar-refractivity contribution in [3.63, 3.8) is 0 Å². The molecule has 0 atom stereocenters. The van der Waals surface area contributed by atoms with Crippen LogP contribution in [-0.2, 0) is 9.59 Å². The van der Waals surface area contributed by atoms with Gasteiger partial charge in [-0.2, -0.15) is 0 Å². The van der Waals surface area contributed by atoms with Crippen molar-refractivity contribution in [3.8, 4) is 0 Å². The molecule has 2 aromatic rings. The number of anilines is 1. The fraction of sp³-hybridized carbons (Fsp3) is 0.154. The van der Waals surface area contributed by atoms with Crippen molar-refractivity contribution in [2.45, 2.75) is 0 Å². The van der Waals surface area contributed by atoms with E-state index in [2.05, 4.69) is 4.98 Å². The van der Waals surface area contributed by atoms with Crippen molar-refractivity contribution < 1.29 is 19.8 Å². The Morgan fingerprint density at radius 2 is 1.70 bits per heavy atom. The Kier molecular flexibility index (Phi) is 3.69. The molecule has 0 amide bonds. The Morgan fingerprint density at radius 3 is 2.30 bits per heavy atom. The number of hydrogen-bond acceptors (Lipinski definition) is 4. The first-order valence-electron chi connectivity index (χ1n) is 5.78. The van der Waals surface area contributed by atoms with Crippen LogP contribution in [0.2, 0.25) is 0 Å². The van der Waals surface area contributed by atoms with Crippen LogP contribution in [0.25, 0.3) is 10.8 Å². The minimum atomic E-state index is -1.18. The van der Waals surface area contributed by atoms with Gasteiger partial charge in [-0.05, 0) is 17.5 Å². The molecule has 0 bridgehead atoms. The molecular weight excluding hydrogens is 264 g/mol. The van der Waals surface area contributed by atoms with Crippen LogP contribution in [0.15, 0.2) is 35.1 Å². The van der Waals surface area contributed by atoms with Gasteiger partial charge in [-0.3, -0.25) is 14.4 Å². The average molecular weight is 276 g/mol. The van der Waals surface area contributed by atoms with Crippen LogP contribution >= 0.6 is 0 Å². The molecule has 1 heterocycles. The van der Waals surface area contributed by atoms with Crippen molar-refractivity contribution in [3.05, 3.63) is 40.7 Å². The lowest BCUT2D eigenvalue weighted by molar-refractivity contribution is -0.136. The first kappa shape index (κ1) is 13.6. The zero-order chi connectivity index (χ0) is 14.7. The number of rotatable bonds is 5. The van der Waals surface area contributed by atoms with E-state index >= 15 is 0 Å². The fourth-order valence-corrected chi connectivity index (χ4v) is 1.92. The number of aromatic amines is 1. The first-order chi connectivity index (χ1) is 9.47. The summed E-state index contributed by atoms with van der Waals surface area (Å²) in [5, 5.41) is 18.7. The second kappa shape index (κ2) is 5.43. The molecular formula is C13H12N2O5. The predicted octanol–water partition coefficient (Wildman–Crippen LogP) is 0.504. The van der Waals surface area contributed by atoms with Gasteiger partial charge in [0, 0.05) is 5.39 Å². The summed E-state index contributed by atoms with van der Waals surface area (Å²) in [7, 11) is 0. The number of carboxylic acids is 2. The molecule has 7 nitrogen and oxygen atoms in total. The van der Waals surface area contributed by atoms with Crippen LogP contribution in [0.1, 0.15) is 0 Å². The molecule has 0 saturated heterocycles. The van der Waals surface area contributed by atoms with Gasteiger partial charge in [0.2, 0.25) is 0 Å². The Bertz CT molecular complexity index is 706. The minimum absolute atomic E-state index is 0.165. The number of nitrogens with zero attached hydrogens (tertiary/aromatic N) is 1. The van der Waals surface area contributed by atoms with E-state index in [9.17, 15) is 14.4 Å². The number of carbonyl (C=O) groups is 2. The molecule has 0 fully saturated rings. The van der Waals surface area contributed by atoms with Gasteiger partial charge >= 0.3 is 11.9 Å². The average Bonchev–Trinajstić information content (AvgIpc) is 2.37. The summed E-state index contributed by atoms with van der Waals surface area (Å²) < 4.78 is 0. The smallest absolute Gasteiger partial charge is 0.323 e. The highest BCUT2D eigenvalue weighted by molar-refractivity contribution is 5.85. The van der Waals surface area contributed by atoms with Gasteiger partial charge in [0.25, 0.3) is 5.56 Å². The van der Waals surface area contributed by atoms with E-state index in [-0.39, 0.29) is 11.4 Å². The highest BCUT2D eigenvalue weighted by Crippen LogP contribution is 2.16.